The molecule has 0 radical (unpaired) electrons. The van der Waals surface area contributed by atoms with E-state index in [0.717, 1.165) is 0 Å². The summed E-state index contributed by atoms with van der Waals surface area (Å²) >= 11 is 0. The van der Waals surface area contributed by atoms with Crippen molar-refractivity contribution >= 4 is 0 Å². The molecule has 1 aromatic carbocycles. The molecule has 5 heteroatoms. The van der Waals surface area contributed by atoms with Gasteiger partial charge >= 0.3 is 0 Å². The first-order valence-corrected chi connectivity index (χ1v) is 5.68. The zero-order chi connectivity index (χ0) is 13.7. The van der Waals surface area contributed by atoms with Crippen molar-refractivity contribution < 1.29 is 9.47 Å². The lowest BCUT2D eigenvalue weighted by atomic mass is 9.98. The number of rotatable bonds is 4. The average Bonchev–Trinajstić information content (AvgIpc) is 2.49. The van der Waals surface area contributed by atoms with Crippen LogP contribution in [0.3, 0.4) is 0 Å². The molecule has 0 saturated carbocycles. The van der Waals surface area contributed by atoms with Crippen LogP contribution in [0.4, 0.5) is 0 Å². The lowest BCUT2D eigenvalue weighted by Gasteiger charge is -2.13. The Morgan fingerprint density at radius 2 is 1.89 bits per heavy atom. The van der Waals surface area contributed by atoms with Gasteiger partial charge in [0.2, 0.25) is 0 Å². The van der Waals surface area contributed by atoms with Crippen LogP contribution in [0.5, 0.6) is 11.5 Å². The van der Waals surface area contributed by atoms with Crippen molar-refractivity contribution in [1.29, 1.82) is 5.26 Å². The molecule has 0 fully saturated rings. The van der Waals surface area contributed by atoms with Gasteiger partial charge in [0, 0.05) is 18.0 Å². The van der Waals surface area contributed by atoms with Crippen LogP contribution in [-0.2, 0) is 0 Å². The van der Waals surface area contributed by atoms with E-state index in [1.165, 1.54) is 0 Å². The van der Waals surface area contributed by atoms with Crippen LogP contribution >= 0.6 is 0 Å². The molecule has 1 heterocycles. The van der Waals surface area contributed by atoms with E-state index in [-0.39, 0.29) is 0 Å². The number of benzene rings is 1. The zero-order valence-electron chi connectivity index (χ0n) is 10.7. The van der Waals surface area contributed by atoms with Gasteiger partial charge in [-0.15, -0.1) is 0 Å². The van der Waals surface area contributed by atoms with E-state index < -0.39 is 5.92 Å². The molecule has 5 nitrogen and oxygen atoms in total. The maximum atomic E-state index is 9.39. The van der Waals surface area contributed by atoms with Crippen molar-refractivity contribution in [2.75, 3.05) is 14.2 Å². The molecule has 0 aliphatic heterocycles. The van der Waals surface area contributed by atoms with Gasteiger partial charge in [0.25, 0.3) is 0 Å². The Balaban J connectivity index is 2.52. The van der Waals surface area contributed by atoms with Crippen LogP contribution in [0.15, 0.2) is 36.7 Å². The van der Waals surface area contributed by atoms with Gasteiger partial charge in [0.1, 0.15) is 23.2 Å². The Bertz CT molecular complexity index is 593. The topological polar surface area (TPSA) is 68.0 Å². The summed E-state index contributed by atoms with van der Waals surface area (Å²) in [6.45, 7) is 0. The van der Waals surface area contributed by atoms with Crippen LogP contribution in [0.25, 0.3) is 0 Å². The predicted octanol–water partition coefficient (Wildman–Crippen LogP) is 2.15. The lowest BCUT2D eigenvalue weighted by molar-refractivity contribution is 0.398. The molecule has 0 bridgehead atoms. The zero-order valence-corrected chi connectivity index (χ0v) is 10.7. The Labute approximate surface area is 111 Å². The fourth-order valence-corrected chi connectivity index (χ4v) is 1.79. The first-order chi connectivity index (χ1) is 9.30. The Morgan fingerprint density at radius 1 is 1.16 bits per heavy atom. The fraction of sp³-hybridized carbons (Fsp3) is 0.214. The second-order valence-electron chi connectivity index (χ2n) is 3.78. The molecule has 2 rings (SSSR count). The number of nitriles is 1. The Morgan fingerprint density at radius 3 is 2.47 bits per heavy atom. The van der Waals surface area contributed by atoms with Crippen LogP contribution in [0.2, 0.25) is 0 Å². The summed E-state index contributed by atoms with van der Waals surface area (Å²) < 4.78 is 10.5. The molecule has 0 N–H and O–H groups in total. The number of aromatic nitrogens is 2. The minimum atomic E-state index is -0.591. The Kier molecular flexibility index (Phi) is 3.94. The summed E-state index contributed by atoms with van der Waals surface area (Å²) in [5, 5.41) is 9.39. The van der Waals surface area contributed by atoms with E-state index in [2.05, 4.69) is 16.0 Å². The van der Waals surface area contributed by atoms with Gasteiger partial charge in [-0.2, -0.15) is 5.26 Å². The molecule has 1 atom stereocenters. The number of hydrogen-bond donors (Lipinski definition) is 0. The molecule has 0 spiro atoms. The maximum absolute atomic E-state index is 9.39. The van der Waals surface area contributed by atoms with Crippen molar-refractivity contribution in [3.63, 3.8) is 0 Å². The van der Waals surface area contributed by atoms with Crippen molar-refractivity contribution in [3.8, 4) is 17.6 Å². The van der Waals surface area contributed by atoms with Gasteiger partial charge < -0.3 is 9.47 Å². The standard InChI is InChI=1S/C14H13N3O2/c1-18-10-4-5-13(19-2)11(8-10)12(9-15)14-16-6-3-7-17-14/h3-8,12H,1-2H3. The van der Waals surface area contributed by atoms with E-state index in [0.29, 0.717) is 22.9 Å². The normalized spacial score (nSPS) is 11.4. The van der Waals surface area contributed by atoms with E-state index in [1.807, 2.05) is 0 Å². The average molecular weight is 255 g/mol. The summed E-state index contributed by atoms with van der Waals surface area (Å²) in [6, 6.07) is 9.22. The molecule has 96 valence electrons. The summed E-state index contributed by atoms with van der Waals surface area (Å²) in [5.41, 5.74) is 0.690. The first kappa shape index (κ1) is 12.8. The smallest absolute Gasteiger partial charge is 0.149 e. The molecule has 0 amide bonds. The van der Waals surface area contributed by atoms with Gasteiger partial charge in [-0.05, 0) is 24.3 Å². The number of methoxy groups -OCH3 is 2. The van der Waals surface area contributed by atoms with Gasteiger partial charge in [-0.25, -0.2) is 9.97 Å². The van der Waals surface area contributed by atoms with E-state index >= 15 is 0 Å². The van der Waals surface area contributed by atoms with Crippen molar-refractivity contribution in [1.82, 2.24) is 9.97 Å². The summed E-state index contributed by atoms with van der Waals surface area (Å²) in [6.07, 6.45) is 3.22. The quantitative estimate of drug-likeness (QED) is 0.837. The lowest BCUT2D eigenvalue weighted by Crippen LogP contribution is -2.05. The molecule has 0 aliphatic rings. The van der Waals surface area contributed by atoms with E-state index in [1.54, 1.807) is 50.9 Å². The highest BCUT2D eigenvalue weighted by Gasteiger charge is 2.21. The minimum Gasteiger partial charge on any atom is -0.497 e. The molecular formula is C14H13N3O2. The van der Waals surface area contributed by atoms with Crippen molar-refractivity contribution in [2.24, 2.45) is 0 Å². The highest BCUT2D eigenvalue weighted by molar-refractivity contribution is 5.47. The summed E-state index contributed by atoms with van der Waals surface area (Å²) in [7, 11) is 3.14. The van der Waals surface area contributed by atoms with Crippen LogP contribution in [-0.4, -0.2) is 24.2 Å². The third-order valence-corrected chi connectivity index (χ3v) is 2.72. The van der Waals surface area contributed by atoms with Gasteiger partial charge in [0.15, 0.2) is 0 Å². The number of ether oxygens (including phenoxy) is 2. The van der Waals surface area contributed by atoms with Crippen molar-refractivity contribution in [2.45, 2.75) is 5.92 Å². The third-order valence-electron chi connectivity index (χ3n) is 2.72. The predicted molar refractivity (Wildman–Crippen MR) is 69.0 cm³/mol. The maximum Gasteiger partial charge on any atom is 0.149 e. The molecule has 19 heavy (non-hydrogen) atoms. The fourth-order valence-electron chi connectivity index (χ4n) is 1.79. The summed E-state index contributed by atoms with van der Waals surface area (Å²) in [5.74, 6) is 1.12. The SMILES string of the molecule is COc1ccc(OC)c(C(C#N)c2ncccn2)c1. The largest absolute Gasteiger partial charge is 0.497 e. The molecule has 0 saturated heterocycles. The third kappa shape index (κ3) is 2.63. The van der Waals surface area contributed by atoms with Crippen LogP contribution in [0.1, 0.15) is 17.3 Å². The van der Waals surface area contributed by atoms with Crippen molar-refractivity contribution in [3.05, 3.63) is 48.0 Å². The first-order valence-electron chi connectivity index (χ1n) is 5.68. The molecule has 0 aliphatic carbocycles. The van der Waals surface area contributed by atoms with Crippen LogP contribution < -0.4 is 9.47 Å². The molecule has 2 aromatic rings. The Hall–Kier alpha value is -2.61. The molecular weight excluding hydrogens is 242 g/mol. The van der Waals surface area contributed by atoms with E-state index in [4.69, 9.17) is 9.47 Å². The highest BCUT2D eigenvalue weighted by Crippen LogP contribution is 2.32. The van der Waals surface area contributed by atoms with Crippen LogP contribution in [0, 0.1) is 11.3 Å². The second-order valence-corrected chi connectivity index (χ2v) is 3.78. The number of hydrogen-bond acceptors (Lipinski definition) is 5. The molecule has 1 unspecified atom stereocenters. The minimum absolute atomic E-state index is 0.441. The van der Waals surface area contributed by atoms with Gasteiger partial charge in [-0.3, -0.25) is 0 Å². The summed E-state index contributed by atoms with van der Waals surface area (Å²) in [4.78, 5) is 8.25. The highest BCUT2D eigenvalue weighted by atomic mass is 16.5. The van der Waals surface area contributed by atoms with E-state index in [9.17, 15) is 5.26 Å². The monoisotopic (exact) mass is 255 g/mol. The number of nitrogens with zero attached hydrogens (tertiary/aromatic N) is 3. The molecule has 1 aromatic heterocycles. The van der Waals surface area contributed by atoms with Gasteiger partial charge in [0.05, 0.1) is 20.3 Å². The van der Waals surface area contributed by atoms with Gasteiger partial charge in [-0.1, -0.05) is 0 Å². The second kappa shape index (κ2) is 5.83.